The standard InChI is InChI=1S/C25H24N6O/c1-15(2)31-24-19(13-28-31)11-20(16(3)29-24)25(32)30-23(17-7-5-4-6-8-17)18-9-10-21-22(12-18)27-14-26-21/h4-15,23H,1-3H3,(H,26,27)(H,30,32). The molecule has 0 aliphatic heterocycles. The van der Waals surface area contributed by atoms with Gasteiger partial charge in [0, 0.05) is 11.4 Å². The second-order valence-electron chi connectivity index (χ2n) is 8.21. The number of hydrogen-bond donors (Lipinski definition) is 2. The Morgan fingerprint density at radius 2 is 1.88 bits per heavy atom. The van der Waals surface area contributed by atoms with E-state index in [-0.39, 0.29) is 18.0 Å². The highest BCUT2D eigenvalue weighted by Crippen LogP contribution is 2.26. The molecule has 3 aromatic heterocycles. The van der Waals surface area contributed by atoms with Crippen LogP contribution < -0.4 is 5.32 Å². The molecule has 0 aliphatic carbocycles. The van der Waals surface area contributed by atoms with Crippen LogP contribution in [0, 0.1) is 6.92 Å². The topological polar surface area (TPSA) is 88.5 Å². The van der Waals surface area contributed by atoms with Gasteiger partial charge in [-0.1, -0.05) is 36.4 Å². The summed E-state index contributed by atoms with van der Waals surface area (Å²) in [6.07, 6.45) is 3.44. The fourth-order valence-corrected chi connectivity index (χ4v) is 4.02. The molecule has 1 atom stereocenters. The van der Waals surface area contributed by atoms with Gasteiger partial charge in [-0.05, 0) is 50.1 Å². The lowest BCUT2D eigenvalue weighted by atomic mass is 9.97. The largest absolute Gasteiger partial charge is 0.345 e. The number of carbonyl (C=O) groups excluding carboxylic acids is 1. The van der Waals surface area contributed by atoms with Crippen molar-refractivity contribution in [3.05, 3.63) is 89.5 Å². The number of imidazole rings is 1. The first-order chi connectivity index (χ1) is 15.5. The van der Waals surface area contributed by atoms with Gasteiger partial charge in [-0.15, -0.1) is 0 Å². The molecule has 0 aliphatic rings. The van der Waals surface area contributed by atoms with Crippen LogP contribution in [0.1, 0.15) is 53.1 Å². The summed E-state index contributed by atoms with van der Waals surface area (Å²) < 4.78 is 1.87. The molecular formula is C25H24N6O. The molecule has 0 saturated heterocycles. The third-order valence-corrected chi connectivity index (χ3v) is 5.68. The second kappa shape index (κ2) is 7.92. The molecule has 0 spiro atoms. The Bertz CT molecular complexity index is 1420. The second-order valence-corrected chi connectivity index (χ2v) is 8.21. The van der Waals surface area contributed by atoms with E-state index in [0.29, 0.717) is 11.3 Å². The predicted octanol–water partition coefficient (Wildman–Crippen LogP) is 4.72. The van der Waals surface area contributed by atoms with E-state index in [1.165, 1.54) is 0 Å². The van der Waals surface area contributed by atoms with Crippen LogP contribution in [0.2, 0.25) is 0 Å². The molecule has 1 unspecified atom stereocenters. The van der Waals surface area contributed by atoms with Crippen LogP contribution in [0.4, 0.5) is 0 Å². The lowest BCUT2D eigenvalue weighted by Gasteiger charge is -2.20. The van der Waals surface area contributed by atoms with Crippen molar-refractivity contribution >= 4 is 28.0 Å². The van der Waals surface area contributed by atoms with E-state index in [9.17, 15) is 4.79 Å². The number of pyridine rings is 1. The number of carbonyl (C=O) groups is 1. The van der Waals surface area contributed by atoms with Crippen molar-refractivity contribution in [1.29, 1.82) is 0 Å². The number of nitrogens with one attached hydrogen (secondary N) is 2. The number of hydrogen-bond acceptors (Lipinski definition) is 4. The maximum Gasteiger partial charge on any atom is 0.253 e. The van der Waals surface area contributed by atoms with Crippen molar-refractivity contribution in [2.75, 3.05) is 0 Å². The van der Waals surface area contributed by atoms with Gasteiger partial charge in [0.25, 0.3) is 5.91 Å². The summed E-state index contributed by atoms with van der Waals surface area (Å²) in [6, 6.07) is 17.7. The fraction of sp³-hybridized carbons (Fsp3) is 0.200. The quantitative estimate of drug-likeness (QED) is 0.427. The number of benzene rings is 2. The van der Waals surface area contributed by atoms with Crippen LogP contribution in [0.5, 0.6) is 0 Å². The molecule has 32 heavy (non-hydrogen) atoms. The van der Waals surface area contributed by atoms with Crippen LogP contribution >= 0.6 is 0 Å². The van der Waals surface area contributed by atoms with Crippen molar-refractivity contribution in [3.63, 3.8) is 0 Å². The van der Waals surface area contributed by atoms with E-state index in [0.717, 1.165) is 33.2 Å². The van der Waals surface area contributed by atoms with Crippen LogP contribution in [0.15, 0.2) is 67.1 Å². The van der Waals surface area contributed by atoms with E-state index >= 15 is 0 Å². The molecule has 3 heterocycles. The highest BCUT2D eigenvalue weighted by atomic mass is 16.1. The number of aromatic amines is 1. The van der Waals surface area contributed by atoms with Crippen molar-refractivity contribution in [3.8, 4) is 0 Å². The van der Waals surface area contributed by atoms with Gasteiger partial charge < -0.3 is 10.3 Å². The molecule has 0 bridgehead atoms. The summed E-state index contributed by atoms with van der Waals surface area (Å²) in [6.45, 7) is 5.98. The van der Waals surface area contributed by atoms with Gasteiger partial charge in [-0.3, -0.25) is 4.79 Å². The predicted molar refractivity (Wildman–Crippen MR) is 124 cm³/mol. The molecule has 7 heteroatoms. The van der Waals surface area contributed by atoms with E-state index in [1.54, 1.807) is 12.5 Å². The van der Waals surface area contributed by atoms with Gasteiger partial charge in [-0.2, -0.15) is 5.10 Å². The smallest absolute Gasteiger partial charge is 0.253 e. The fourth-order valence-electron chi connectivity index (χ4n) is 4.02. The number of aryl methyl sites for hydroxylation is 1. The molecule has 0 radical (unpaired) electrons. The highest BCUT2D eigenvalue weighted by molar-refractivity contribution is 5.98. The number of rotatable bonds is 5. The van der Waals surface area contributed by atoms with Crippen molar-refractivity contribution in [1.82, 2.24) is 30.0 Å². The van der Waals surface area contributed by atoms with Gasteiger partial charge in [0.1, 0.15) is 0 Å². The Balaban J connectivity index is 1.53. The first-order valence-corrected chi connectivity index (χ1v) is 10.6. The number of amides is 1. The number of aromatic nitrogens is 5. The summed E-state index contributed by atoms with van der Waals surface area (Å²) in [7, 11) is 0. The molecular weight excluding hydrogens is 400 g/mol. The third kappa shape index (κ3) is 3.51. The van der Waals surface area contributed by atoms with Gasteiger partial charge in [-0.25, -0.2) is 14.6 Å². The van der Waals surface area contributed by atoms with Gasteiger partial charge >= 0.3 is 0 Å². The molecule has 160 valence electrons. The Kier molecular flexibility index (Phi) is 4.93. The summed E-state index contributed by atoms with van der Waals surface area (Å²) in [5, 5.41) is 8.50. The van der Waals surface area contributed by atoms with Gasteiger partial charge in [0.05, 0.1) is 40.9 Å². The first kappa shape index (κ1) is 19.9. The first-order valence-electron chi connectivity index (χ1n) is 10.6. The van der Waals surface area contributed by atoms with E-state index in [1.807, 2.05) is 66.2 Å². The lowest BCUT2D eigenvalue weighted by Crippen LogP contribution is -2.30. The van der Waals surface area contributed by atoms with E-state index in [2.05, 4.69) is 34.2 Å². The number of H-pyrrole nitrogens is 1. The molecule has 0 fully saturated rings. The third-order valence-electron chi connectivity index (χ3n) is 5.68. The monoisotopic (exact) mass is 424 g/mol. The van der Waals surface area contributed by atoms with Crippen molar-refractivity contribution < 1.29 is 4.79 Å². The normalized spacial score (nSPS) is 12.5. The highest BCUT2D eigenvalue weighted by Gasteiger charge is 2.21. The lowest BCUT2D eigenvalue weighted by molar-refractivity contribution is 0.0942. The zero-order valence-electron chi connectivity index (χ0n) is 18.2. The SMILES string of the molecule is Cc1nc2c(cnn2C(C)C)cc1C(=O)NC(c1ccccc1)c1ccc2nc[nH]c2c1. The van der Waals surface area contributed by atoms with E-state index in [4.69, 9.17) is 4.98 Å². The molecule has 0 saturated carbocycles. The molecule has 2 aromatic carbocycles. The minimum absolute atomic E-state index is 0.173. The number of nitrogens with zero attached hydrogens (tertiary/aromatic N) is 4. The van der Waals surface area contributed by atoms with Gasteiger partial charge in [0.15, 0.2) is 5.65 Å². The average Bonchev–Trinajstić information content (AvgIpc) is 3.43. The zero-order chi connectivity index (χ0) is 22.2. The molecule has 5 aromatic rings. The summed E-state index contributed by atoms with van der Waals surface area (Å²) in [4.78, 5) is 25.6. The average molecular weight is 425 g/mol. The maximum absolute atomic E-state index is 13.4. The van der Waals surface area contributed by atoms with Crippen molar-refractivity contribution in [2.24, 2.45) is 0 Å². The minimum Gasteiger partial charge on any atom is -0.345 e. The number of fused-ring (bicyclic) bond motifs is 2. The van der Waals surface area contributed by atoms with Crippen LogP contribution in [-0.2, 0) is 0 Å². The van der Waals surface area contributed by atoms with Crippen LogP contribution in [-0.4, -0.2) is 30.6 Å². The summed E-state index contributed by atoms with van der Waals surface area (Å²) >= 11 is 0. The van der Waals surface area contributed by atoms with Crippen LogP contribution in [0.25, 0.3) is 22.1 Å². The van der Waals surface area contributed by atoms with E-state index < -0.39 is 0 Å². The summed E-state index contributed by atoms with van der Waals surface area (Å²) in [5.74, 6) is -0.173. The van der Waals surface area contributed by atoms with Gasteiger partial charge in [0.2, 0.25) is 0 Å². The van der Waals surface area contributed by atoms with Crippen LogP contribution in [0.3, 0.4) is 0 Å². The zero-order valence-corrected chi connectivity index (χ0v) is 18.2. The summed E-state index contributed by atoms with van der Waals surface area (Å²) in [5.41, 5.74) is 5.80. The Morgan fingerprint density at radius 3 is 2.66 bits per heavy atom. The Hall–Kier alpha value is -4.00. The molecule has 1 amide bonds. The Labute approximate surface area is 185 Å². The molecule has 5 rings (SSSR count). The minimum atomic E-state index is -0.315. The molecule has 7 nitrogen and oxygen atoms in total. The molecule has 2 N–H and O–H groups in total. The maximum atomic E-state index is 13.4. The van der Waals surface area contributed by atoms with Crippen molar-refractivity contribution in [2.45, 2.75) is 32.9 Å². The Morgan fingerprint density at radius 1 is 1.06 bits per heavy atom.